The Morgan fingerprint density at radius 2 is 1.95 bits per heavy atom. The summed E-state index contributed by atoms with van der Waals surface area (Å²) in [5.41, 5.74) is 6.88. The second kappa shape index (κ2) is 6.39. The van der Waals surface area contributed by atoms with Crippen molar-refractivity contribution in [1.82, 2.24) is 9.88 Å². The number of aromatic nitrogens is 1. The fourth-order valence-corrected chi connectivity index (χ4v) is 2.07. The topological polar surface area (TPSA) is 59.2 Å². The molecule has 0 radical (unpaired) electrons. The van der Waals surface area contributed by atoms with Crippen LogP contribution in [0.2, 0.25) is 5.02 Å². The SMILES string of the molecule is CCN(Cc1ccccc1)C(=O)c1nc(N)ccc1Cl. The third-order valence-electron chi connectivity index (χ3n) is 2.96. The van der Waals surface area contributed by atoms with Crippen molar-refractivity contribution < 1.29 is 4.79 Å². The fourth-order valence-electron chi connectivity index (χ4n) is 1.89. The van der Waals surface area contributed by atoms with Crippen LogP contribution in [0.1, 0.15) is 23.0 Å². The van der Waals surface area contributed by atoms with Crippen LogP contribution in [-0.4, -0.2) is 22.3 Å². The second-order valence-corrected chi connectivity index (χ2v) is 4.78. The molecule has 0 unspecified atom stereocenters. The number of nitrogen functional groups attached to an aromatic ring is 1. The van der Waals surface area contributed by atoms with E-state index < -0.39 is 0 Å². The minimum Gasteiger partial charge on any atom is -0.384 e. The molecule has 0 atom stereocenters. The molecule has 0 aliphatic carbocycles. The summed E-state index contributed by atoms with van der Waals surface area (Å²) >= 11 is 6.03. The average Bonchev–Trinajstić information content (AvgIpc) is 2.47. The molecule has 2 rings (SSSR count). The Morgan fingerprint density at radius 1 is 1.25 bits per heavy atom. The van der Waals surface area contributed by atoms with E-state index in [-0.39, 0.29) is 17.4 Å². The van der Waals surface area contributed by atoms with Gasteiger partial charge in [0.05, 0.1) is 5.02 Å². The maximum Gasteiger partial charge on any atom is 0.274 e. The lowest BCUT2D eigenvalue weighted by atomic mass is 10.2. The Balaban J connectivity index is 2.23. The molecular weight excluding hydrogens is 274 g/mol. The minimum absolute atomic E-state index is 0.199. The van der Waals surface area contributed by atoms with Crippen LogP contribution in [0.3, 0.4) is 0 Å². The highest BCUT2D eigenvalue weighted by Crippen LogP contribution is 2.18. The zero-order chi connectivity index (χ0) is 14.5. The highest BCUT2D eigenvalue weighted by molar-refractivity contribution is 6.33. The van der Waals surface area contributed by atoms with Crippen molar-refractivity contribution in [2.45, 2.75) is 13.5 Å². The van der Waals surface area contributed by atoms with Crippen molar-refractivity contribution in [3.63, 3.8) is 0 Å². The molecule has 0 aliphatic rings. The summed E-state index contributed by atoms with van der Waals surface area (Å²) < 4.78 is 0. The Bertz CT molecular complexity index is 601. The van der Waals surface area contributed by atoms with E-state index >= 15 is 0 Å². The lowest BCUT2D eigenvalue weighted by Crippen LogP contribution is -2.31. The van der Waals surface area contributed by atoms with E-state index in [1.807, 2.05) is 37.3 Å². The molecule has 0 bridgehead atoms. The van der Waals surface area contributed by atoms with Crippen LogP contribution in [0.4, 0.5) is 5.82 Å². The van der Waals surface area contributed by atoms with E-state index in [9.17, 15) is 4.79 Å². The van der Waals surface area contributed by atoms with Gasteiger partial charge in [0.2, 0.25) is 0 Å². The van der Waals surface area contributed by atoms with Gasteiger partial charge < -0.3 is 10.6 Å². The number of amides is 1. The van der Waals surface area contributed by atoms with E-state index in [0.29, 0.717) is 18.1 Å². The lowest BCUT2D eigenvalue weighted by molar-refractivity contribution is 0.0747. The summed E-state index contributed by atoms with van der Waals surface area (Å²) in [6.45, 7) is 3.00. The molecule has 0 fully saturated rings. The average molecular weight is 290 g/mol. The molecule has 2 N–H and O–H groups in total. The van der Waals surface area contributed by atoms with Crippen molar-refractivity contribution >= 4 is 23.3 Å². The Morgan fingerprint density at radius 3 is 2.60 bits per heavy atom. The van der Waals surface area contributed by atoms with Gasteiger partial charge in [-0.3, -0.25) is 4.79 Å². The molecule has 1 amide bonds. The molecule has 2 aromatic rings. The van der Waals surface area contributed by atoms with Crippen molar-refractivity contribution in [1.29, 1.82) is 0 Å². The summed E-state index contributed by atoms with van der Waals surface area (Å²) in [7, 11) is 0. The number of benzene rings is 1. The standard InChI is InChI=1S/C15H16ClN3O/c1-2-19(10-11-6-4-3-5-7-11)15(20)14-12(16)8-9-13(17)18-14/h3-9H,2,10H2,1H3,(H2,17,18). The molecule has 1 aromatic carbocycles. The van der Waals surface area contributed by atoms with Crippen LogP contribution in [0.25, 0.3) is 0 Å². The van der Waals surface area contributed by atoms with Gasteiger partial charge in [0, 0.05) is 13.1 Å². The molecule has 1 heterocycles. The van der Waals surface area contributed by atoms with Crippen molar-refractivity contribution in [3.8, 4) is 0 Å². The maximum absolute atomic E-state index is 12.5. The van der Waals surface area contributed by atoms with Crippen LogP contribution >= 0.6 is 11.6 Å². The van der Waals surface area contributed by atoms with Crippen molar-refractivity contribution in [2.75, 3.05) is 12.3 Å². The van der Waals surface area contributed by atoms with Gasteiger partial charge in [0.1, 0.15) is 11.5 Å². The number of hydrogen-bond acceptors (Lipinski definition) is 3. The Hall–Kier alpha value is -2.07. The van der Waals surface area contributed by atoms with Crippen LogP contribution in [-0.2, 0) is 6.54 Å². The summed E-state index contributed by atoms with van der Waals surface area (Å²) in [5.74, 6) is 0.0715. The van der Waals surface area contributed by atoms with Gasteiger partial charge in [-0.15, -0.1) is 0 Å². The summed E-state index contributed by atoms with van der Waals surface area (Å²) in [6.07, 6.45) is 0. The molecule has 0 aliphatic heterocycles. The number of rotatable bonds is 4. The van der Waals surface area contributed by atoms with Crippen molar-refractivity contribution in [2.24, 2.45) is 0 Å². The number of halogens is 1. The molecule has 1 aromatic heterocycles. The van der Waals surface area contributed by atoms with Crippen molar-refractivity contribution in [3.05, 3.63) is 58.7 Å². The van der Waals surface area contributed by atoms with Crippen LogP contribution in [0.5, 0.6) is 0 Å². The molecule has 0 saturated heterocycles. The number of carbonyl (C=O) groups excluding carboxylic acids is 1. The van der Waals surface area contributed by atoms with E-state index in [1.165, 1.54) is 0 Å². The zero-order valence-electron chi connectivity index (χ0n) is 11.2. The maximum atomic E-state index is 12.5. The van der Waals surface area contributed by atoms with Gasteiger partial charge >= 0.3 is 0 Å². The number of pyridine rings is 1. The summed E-state index contributed by atoms with van der Waals surface area (Å²) in [6, 6.07) is 12.9. The van der Waals surface area contributed by atoms with Gasteiger partial charge in [0.25, 0.3) is 5.91 Å². The first kappa shape index (κ1) is 14.3. The van der Waals surface area contributed by atoms with E-state index in [0.717, 1.165) is 5.56 Å². The first-order chi connectivity index (χ1) is 9.61. The first-order valence-electron chi connectivity index (χ1n) is 6.37. The number of nitrogens with two attached hydrogens (primary N) is 1. The molecule has 0 saturated carbocycles. The number of hydrogen-bond donors (Lipinski definition) is 1. The zero-order valence-corrected chi connectivity index (χ0v) is 12.0. The molecule has 4 nitrogen and oxygen atoms in total. The third-order valence-corrected chi connectivity index (χ3v) is 3.26. The highest BCUT2D eigenvalue weighted by atomic mass is 35.5. The monoisotopic (exact) mass is 289 g/mol. The van der Waals surface area contributed by atoms with Gasteiger partial charge in [-0.1, -0.05) is 41.9 Å². The molecule has 20 heavy (non-hydrogen) atoms. The molecule has 0 spiro atoms. The van der Waals surface area contributed by atoms with Crippen LogP contribution < -0.4 is 5.73 Å². The molecular formula is C15H16ClN3O. The summed E-state index contributed by atoms with van der Waals surface area (Å²) in [4.78, 5) is 18.2. The van der Waals surface area contributed by atoms with Gasteiger partial charge in [-0.25, -0.2) is 4.98 Å². The summed E-state index contributed by atoms with van der Waals surface area (Å²) in [5, 5.41) is 0.315. The first-order valence-corrected chi connectivity index (χ1v) is 6.75. The largest absolute Gasteiger partial charge is 0.384 e. The predicted molar refractivity (Wildman–Crippen MR) is 80.5 cm³/mol. The van der Waals surface area contributed by atoms with E-state index in [4.69, 9.17) is 17.3 Å². The normalized spacial score (nSPS) is 10.3. The van der Waals surface area contributed by atoms with Gasteiger partial charge in [-0.2, -0.15) is 0 Å². The van der Waals surface area contributed by atoms with Crippen LogP contribution in [0.15, 0.2) is 42.5 Å². The van der Waals surface area contributed by atoms with Gasteiger partial charge in [-0.05, 0) is 24.6 Å². The smallest absolute Gasteiger partial charge is 0.274 e. The third kappa shape index (κ3) is 3.27. The number of carbonyl (C=O) groups is 1. The Kier molecular flexibility index (Phi) is 4.58. The van der Waals surface area contributed by atoms with E-state index in [2.05, 4.69) is 4.98 Å². The quantitative estimate of drug-likeness (QED) is 0.941. The number of nitrogens with zero attached hydrogens (tertiary/aromatic N) is 2. The fraction of sp³-hybridized carbons (Fsp3) is 0.200. The van der Waals surface area contributed by atoms with E-state index in [1.54, 1.807) is 17.0 Å². The highest BCUT2D eigenvalue weighted by Gasteiger charge is 2.19. The minimum atomic E-state index is -0.214. The predicted octanol–water partition coefficient (Wildman–Crippen LogP) is 2.98. The number of anilines is 1. The van der Waals surface area contributed by atoms with Gasteiger partial charge in [0.15, 0.2) is 0 Å². The second-order valence-electron chi connectivity index (χ2n) is 4.37. The Labute approximate surface area is 123 Å². The molecule has 104 valence electrons. The molecule has 5 heteroatoms. The lowest BCUT2D eigenvalue weighted by Gasteiger charge is -2.21. The van der Waals surface area contributed by atoms with Crippen LogP contribution in [0, 0.1) is 0 Å².